The maximum atomic E-state index is 12.2. The Morgan fingerprint density at radius 3 is 2.73 bits per heavy atom. The molecular formula is C14H12ClN5O2. The fraction of sp³-hybridized carbons (Fsp3) is 0.143. The van der Waals surface area contributed by atoms with Gasteiger partial charge >= 0.3 is 0 Å². The Kier molecular flexibility index (Phi) is 3.42. The van der Waals surface area contributed by atoms with Crippen molar-refractivity contribution in [1.82, 2.24) is 19.6 Å². The summed E-state index contributed by atoms with van der Waals surface area (Å²) in [5, 5.41) is 5.60. The van der Waals surface area contributed by atoms with E-state index in [0.29, 0.717) is 21.8 Å². The van der Waals surface area contributed by atoms with Crippen LogP contribution in [0.5, 0.6) is 0 Å². The molecule has 0 spiro atoms. The molecule has 3 aromatic rings. The average molecular weight is 318 g/mol. The molecule has 1 amide bonds. The van der Waals surface area contributed by atoms with E-state index in [-0.39, 0.29) is 17.3 Å². The van der Waals surface area contributed by atoms with Crippen LogP contribution >= 0.6 is 11.6 Å². The molecule has 7 nitrogen and oxygen atoms in total. The van der Waals surface area contributed by atoms with Crippen molar-refractivity contribution in [2.24, 2.45) is 0 Å². The molecule has 8 heteroatoms. The summed E-state index contributed by atoms with van der Waals surface area (Å²) in [5.74, 6) is -0.103. The first-order valence-corrected chi connectivity index (χ1v) is 6.87. The van der Waals surface area contributed by atoms with Crippen LogP contribution in [0.1, 0.15) is 21.6 Å². The van der Waals surface area contributed by atoms with Crippen LogP contribution in [0, 0.1) is 13.8 Å². The third-order valence-corrected chi connectivity index (χ3v) is 3.64. The van der Waals surface area contributed by atoms with Gasteiger partial charge in [0.05, 0.1) is 10.6 Å². The van der Waals surface area contributed by atoms with Crippen molar-refractivity contribution < 1.29 is 4.79 Å². The van der Waals surface area contributed by atoms with Gasteiger partial charge < -0.3 is 0 Å². The van der Waals surface area contributed by atoms with E-state index in [4.69, 9.17) is 11.6 Å². The molecule has 22 heavy (non-hydrogen) atoms. The first-order valence-electron chi connectivity index (χ1n) is 6.49. The van der Waals surface area contributed by atoms with E-state index in [1.165, 1.54) is 4.52 Å². The van der Waals surface area contributed by atoms with Crippen LogP contribution < -0.4 is 10.9 Å². The lowest BCUT2D eigenvalue weighted by atomic mass is 10.2. The Balaban J connectivity index is 1.99. The Hall–Kier alpha value is -2.67. The number of carbonyl (C=O) groups is 1. The number of aromatic nitrogens is 4. The summed E-state index contributed by atoms with van der Waals surface area (Å²) in [6.45, 7) is 3.41. The van der Waals surface area contributed by atoms with E-state index >= 15 is 0 Å². The van der Waals surface area contributed by atoms with Crippen LogP contribution in [0.2, 0.25) is 5.02 Å². The highest BCUT2D eigenvalue weighted by atomic mass is 35.5. The molecule has 1 aromatic carbocycles. The Labute approximate surface area is 130 Å². The molecule has 0 aliphatic carbocycles. The van der Waals surface area contributed by atoms with Gasteiger partial charge in [0.15, 0.2) is 0 Å². The zero-order valence-electron chi connectivity index (χ0n) is 11.8. The summed E-state index contributed by atoms with van der Waals surface area (Å²) in [7, 11) is 0. The summed E-state index contributed by atoms with van der Waals surface area (Å²) in [4.78, 5) is 32.5. The van der Waals surface area contributed by atoms with E-state index in [0.717, 1.165) is 0 Å². The van der Waals surface area contributed by atoms with Gasteiger partial charge in [-0.05, 0) is 26.0 Å². The number of aromatic amines is 1. The number of carbonyl (C=O) groups excluding carboxylic acids is 1. The Morgan fingerprint density at radius 2 is 2.00 bits per heavy atom. The van der Waals surface area contributed by atoms with E-state index in [1.807, 2.05) is 0 Å². The van der Waals surface area contributed by atoms with E-state index < -0.39 is 5.91 Å². The maximum Gasteiger partial charge on any atom is 0.277 e. The number of hydrogen-bond donors (Lipinski definition) is 2. The van der Waals surface area contributed by atoms with Crippen molar-refractivity contribution in [2.75, 3.05) is 5.32 Å². The molecule has 0 saturated carbocycles. The number of nitrogens with one attached hydrogen (secondary N) is 2. The monoisotopic (exact) mass is 317 g/mol. The molecule has 0 saturated heterocycles. The predicted octanol–water partition coefficient (Wildman–Crippen LogP) is 1.94. The number of hydrogen-bond acceptors (Lipinski definition) is 4. The molecular weight excluding hydrogens is 306 g/mol. The quantitative estimate of drug-likeness (QED) is 0.755. The van der Waals surface area contributed by atoms with Gasteiger partial charge in [-0.2, -0.15) is 9.50 Å². The molecule has 2 heterocycles. The molecule has 112 valence electrons. The summed E-state index contributed by atoms with van der Waals surface area (Å²) in [5.41, 5.74) is 1.18. The summed E-state index contributed by atoms with van der Waals surface area (Å²) >= 11 is 5.97. The molecule has 0 aliphatic heterocycles. The summed E-state index contributed by atoms with van der Waals surface area (Å²) in [6.07, 6.45) is 0. The molecule has 0 bridgehead atoms. The zero-order valence-corrected chi connectivity index (χ0v) is 12.6. The number of H-pyrrole nitrogens is 1. The fourth-order valence-corrected chi connectivity index (χ4v) is 2.20. The highest BCUT2D eigenvalue weighted by Gasteiger charge is 2.14. The second-order valence-corrected chi connectivity index (χ2v) is 5.18. The molecule has 0 fully saturated rings. The van der Waals surface area contributed by atoms with E-state index in [2.05, 4.69) is 20.4 Å². The van der Waals surface area contributed by atoms with Gasteiger partial charge in [-0.15, -0.1) is 0 Å². The standard InChI is InChI=1S/C14H12ClN5O2/c1-7-8(2)16-14-18-13(19-20(14)12(7)22)17-11(21)9-5-3-4-6-10(9)15/h3-6H,1-2H3,(H2,16,17,18,19,21). The maximum absolute atomic E-state index is 12.2. The molecule has 2 aromatic heterocycles. The van der Waals surface area contributed by atoms with Crippen LogP contribution in [0.15, 0.2) is 29.1 Å². The topological polar surface area (TPSA) is 92.2 Å². The molecule has 0 aliphatic rings. The molecule has 3 rings (SSSR count). The average Bonchev–Trinajstić information content (AvgIpc) is 2.87. The molecule has 0 atom stereocenters. The number of aryl methyl sites for hydroxylation is 1. The lowest BCUT2D eigenvalue weighted by molar-refractivity contribution is 0.102. The largest absolute Gasteiger partial charge is 0.291 e. The minimum Gasteiger partial charge on any atom is -0.291 e. The fourth-order valence-electron chi connectivity index (χ4n) is 1.98. The van der Waals surface area contributed by atoms with Crippen molar-refractivity contribution in [1.29, 1.82) is 0 Å². The van der Waals surface area contributed by atoms with Crippen LogP contribution in [-0.2, 0) is 0 Å². The van der Waals surface area contributed by atoms with Crippen molar-refractivity contribution >= 4 is 29.2 Å². The molecule has 0 radical (unpaired) electrons. The zero-order chi connectivity index (χ0) is 15.9. The van der Waals surface area contributed by atoms with Crippen molar-refractivity contribution in [3.63, 3.8) is 0 Å². The van der Waals surface area contributed by atoms with Gasteiger partial charge in [-0.3, -0.25) is 20.0 Å². The SMILES string of the molecule is Cc1nc2nc(NC(=O)c3ccccc3Cl)[nH]n2c(=O)c1C. The number of halogens is 1. The lowest BCUT2D eigenvalue weighted by Crippen LogP contribution is -2.19. The minimum absolute atomic E-state index is 0.125. The predicted molar refractivity (Wildman–Crippen MR) is 82.5 cm³/mol. The number of rotatable bonds is 2. The third-order valence-electron chi connectivity index (χ3n) is 3.31. The van der Waals surface area contributed by atoms with Gasteiger partial charge in [0.25, 0.3) is 17.2 Å². The Bertz CT molecular complexity index is 944. The van der Waals surface area contributed by atoms with Gasteiger partial charge in [-0.1, -0.05) is 23.7 Å². The van der Waals surface area contributed by atoms with Gasteiger partial charge in [0.1, 0.15) is 0 Å². The van der Waals surface area contributed by atoms with Crippen molar-refractivity contribution in [2.45, 2.75) is 13.8 Å². The van der Waals surface area contributed by atoms with Crippen molar-refractivity contribution in [3.05, 3.63) is 56.5 Å². The van der Waals surface area contributed by atoms with Crippen LogP contribution in [0.25, 0.3) is 5.78 Å². The summed E-state index contributed by atoms with van der Waals surface area (Å²) < 4.78 is 1.19. The Morgan fingerprint density at radius 1 is 1.27 bits per heavy atom. The first kappa shape index (κ1) is 14.3. The number of amides is 1. The number of anilines is 1. The summed E-state index contributed by atoms with van der Waals surface area (Å²) in [6, 6.07) is 6.65. The minimum atomic E-state index is -0.425. The smallest absolute Gasteiger partial charge is 0.277 e. The molecule has 2 N–H and O–H groups in total. The second-order valence-electron chi connectivity index (χ2n) is 4.77. The normalized spacial score (nSPS) is 10.9. The third kappa shape index (κ3) is 2.35. The highest BCUT2D eigenvalue weighted by Crippen LogP contribution is 2.16. The van der Waals surface area contributed by atoms with Crippen LogP contribution in [0.4, 0.5) is 5.95 Å². The van der Waals surface area contributed by atoms with E-state index in [9.17, 15) is 9.59 Å². The number of fused-ring (bicyclic) bond motifs is 1. The first-order chi connectivity index (χ1) is 10.5. The number of benzene rings is 1. The number of nitrogens with zero attached hydrogens (tertiary/aromatic N) is 3. The van der Waals surface area contributed by atoms with Crippen LogP contribution in [0.3, 0.4) is 0 Å². The van der Waals surface area contributed by atoms with Crippen molar-refractivity contribution in [3.8, 4) is 0 Å². The van der Waals surface area contributed by atoms with Gasteiger partial charge in [-0.25, -0.2) is 4.98 Å². The highest BCUT2D eigenvalue weighted by molar-refractivity contribution is 6.34. The molecule has 0 unspecified atom stereocenters. The second kappa shape index (κ2) is 5.27. The van der Waals surface area contributed by atoms with Gasteiger partial charge in [0.2, 0.25) is 5.95 Å². The van der Waals surface area contributed by atoms with E-state index in [1.54, 1.807) is 38.1 Å². The van der Waals surface area contributed by atoms with Gasteiger partial charge in [0, 0.05) is 11.3 Å². The van der Waals surface area contributed by atoms with Crippen LogP contribution in [-0.4, -0.2) is 25.5 Å². The lowest BCUT2D eigenvalue weighted by Gasteiger charge is -2.02.